The summed E-state index contributed by atoms with van der Waals surface area (Å²) in [6, 6.07) is 8.36. The molecule has 1 aliphatic rings. The predicted molar refractivity (Wildman–Crippen MR) is 109 cm³/mol. The average molecular weight is 422 g/mol. The third kappa shape index (κ3) is 5.20. The van der Waals surface area contributed by atoms with Crippen LogP contribution in [0.1, 0.15) is 31.7 Å². The maximum atomic E-state index is 13.4. The van der Waals surface area contributed by atoms with E-state index < -0.39 is 14.9 Å². The van der Waals surface area contributed by atoms with Crippen molar-refractivity contribution in [2.24, 2.45) is 0 Å². The van der Waals surface area contributed by atoms with Gasteiger partial charge in [0, 0.05) is 12.6 Å². The molecule has 1 N–H and O–H groups in total. The highest BCUT2D eigenvalue weighted by Crippen LogP contribution is 2.23. The van der Waals surface area contributed by atoms with Gasteiger partial charge < -0.3 is 15.4 Å². The Hall–Kier alpha value is -2.30. The highest BCUT2D eigenvalue weighted by atomic mass is 32.2. The maximum absolute atomic E-state index is 13.4. The summed E-state index contributed by atoms with van der Waals surface area (Å²) in [6.45, 7) is 4.37. The van der Waals surface area contributed by atoms with E-state index in [0.717, 1.165) is 37.9 Å². The molecule has 0 amide bonds. The molecule has 1 aliphatic heterocycles. The molecular formula is C19H27N5O4S. The number of aryl methyl sites for hydroxylation is 2. The molecule has 1 aromatic heterocycles. The number of nitro groups is 1. The van der Waals surface area contributed by atoms with Gasteiger partial charge in [-0.15, -0.1) is 0 Å². The van der Waals surface area contributed by atoms with E-state index in [1.54, 1.807) is 22.6 Å². The SMILES string of the molecule is CCc1ccc(S(=O)(=O)N(CCCn2ccc([N+](=O)[O-])n2)C2CCNCC2)cc1. The molecule has 0 atom stereocenters. The fourth-order valence-corrected chi connectivity index (χ4v) is 5.31. The third-order valence-electron chi connectivity index (χ3n) is 5.23. The highest BCUT2D eigenvalue weighted by Gasteiger charge is 2.32. The molecule has 0 unspecified atom stereocenters. The first-order valence-corrected chi connectivity index (χ1v) is 11.3. The Morgan fingerprint density at radius 2 is 1.93 bits per heavy atom. The fourth-order valence-electron chi connectivity index (χ4n) is 3.59. The summed E-state index contributed by atoms with van der Waals surface area (Å²) in [5.41, 5.74) is 1.10. The number of hydrogen-bond donors (Lipinski definition) is 1. The van der Waals surface area contributed by atoms with Crippen molar-refractivity contribution in [2.45, 2.75) is 50.1 Å². The van der Waals surface area contributed by atoms with E-state index in [1.807, 2.05) is 19.1 Å². The summed E-state index contributed by atoms with van der Waals surface area (Å²) < 4.78 is 29.8. The maximum Gasteiger partial charge on any atom is 0.389 e. The molecule has 0 spiro atoms. The Balaban J connectivity index is 1.75. The van der Waals surface area contributed by atoms with Gasteiger partial charge in [-0.2, -0.15) is 8.99 Å². The lowest BCUT2D eigenvalue weighted by molar-refractivity contribution is -0.389. The van der Waals surface area contributed by atoms with Crippen LogP contribution in [0, 0.1) is 10.1 Å². The molecule has 0 bridgehead atoms. The molecule has 2 aromatic rings. The number of nitrogens with zero attached hydrogens (tertiary/aromatic N) is 4. The van der Waals surface area contributed by atoms with Gasteiger partial charge >= 0.3 is 5.82 Å². The van der Waals surface area contributed by atoms with Gasteiger partial charge in [0.1, 0.15) is 0 Å². The first kappa shape index (κ1) is 21.4. The van der Waals surface area contributed by atoms with Gasteiger partial charge in [-0.1, -0.05) is 19.1 Å². The molecule has 0 aliphatic carbocycles. The van der Waals surface area contributed by atoms with Crippen molar-refractivity contribution in [3.05, 3.63) is 52.2 Å². The van der Waals surface area contributed by atoms with Gasteiger partial charge in [0.2, 0.25) is 10.0 Å². The summed E-state index contributed by atoms with van der Waals surface area (Å²) in [5.74, 6) is -0.205. The van der Waals surface area contributed by atoms with Crippen molar-refractivity contribution in [2.75, 3.05) is 19.6 Å². The van der Waals surface area contributed by atoms with Gasteiger partial charge in [0.25, 0.3) is 0 Å². The first-order valence-electron chi connectivity index (χ1n) is 9.91. The highest BCUT2D eigenvalue weighted by molar-refractivity contribution is 7.89. The summed E-state index contributed by atoms with van der Waals surface area (Å²) in [4.78, 5) is 10.5. The van der Waals surface area contributed by atoms with Crippen LogP contribution in [0.2, 0.25) is 0 Å². The molecule has 2 heterocycles. The minimum absolute atomic E-state index is 0.0564. The molecular weight excluding hydrogens is 394 g/mol. The minimum Gasteiger partial charge on any atom is -0.358 e. The van der Waals surface area contributed by atoms with Crippen LogP contribution in [0.5, 0.6) is 0 Å². The van der Waals surface area contributed by atoms with E-state index in [9.17, 15) is 18.5 Å². The van der Waals surface area contributed by atoms with Crippen molar-refractivity contribution in [3.63, 3.8) is 0 Å². The smallest absolute Gasteiger partial charge is 0.358 e. The summed E-state index contributed by atoms with van der Waals surface area (Å²) in [6.07, 6.45) is 4.45. The van der Waals surface area contributed by atoms with Crippen LogP contribution >= 0.6 is 0 Å². The second-order valence-electron chi connectivity index (χ2n) is 7.14. The number of sulfonamides is 1. The Morgan fingerprint density at radius 3 is 2.52 bits per heavy atom. The minimum atomic E-state index is -3.62. The number of aromatic nitrogens is 2. The van der Waals surface area contributed by atoms with Crippen LogP contribution in [0.4, 0.5) is 5.82 Å². The van der Waals surface area contributed by atoms with Gasteiger partial charge in [-0.05, 0) is 61.4 Å². The number of hydrogen-bond acceptors (Lipinski definition) is 6. The lowest BCUT2D eigenvalue weighted by Crippen LogP contribution is -2.46. The van der Waals surface area contributed by atoms with Crippen molar-refractivity contribution in [1.82, 2.24) is 19.4 Å². The number of rotatable bonds is 9. The Bertz CT molecular complexity index is 920. The standard InChI is InChI=1S/C19H27N5O4S/c1-2-16-4-6-18(7-5-16)29(27,28)23(17-8-11-20-12-9-17)14-3-13-22-15-10-19(21-22)24(25)26/h4-7,10,15,17,20H,2-3,8-9,11-14H2,1H3. The Labute approximate surface area is 170 Å². The first-order chi connectivity index (χ1) is 13.9. The molecule has 0 radical (unpaired) electrons. The molecule has 29 heavy (non-hydrogen) atoms. The molecule has 10 heteroatoms. The second-order valence-corrected chi connectivity index (χ2v) is 9.03. The van der Waals surface area contributed by atoms with Crippen molar-refractivity contribution < 1.29 is 13.3 Å². The van der Waals surface area contributed by atoms with Gasteiger partial charge in [-0.25, -0.2) is 8.42 Å². The van der Waals surface area contributed by atoms with Crippen LogP contribution in [0.25, 0.3) is 0 Å². The van der Waals surface area contributed by atoms with E-state index in [4.69, 9.17) is 0 Å². The van der Waals surface area contributed by atoms with Crippen LogP contribution in [0.15, 0.2) is 41.4 Å². The molecule has 3 rings (SSSR count). The lowest BCUT2D eigenvalue weighted by Gasteiger charge is -2.33. The fraction of sp³-hybridized carbons (Fsp3) is 0.526. The van der Waals surface area contributed by atoms with Crippen molar-refractivity contribution >= 4 is 15.8 Å². The van der Waals surface area contributed by atoms with E-state index in [2.05, 4.69) is 10.4 Å². The molecule has 9 nitrogen and oxygen atoms in total. The topological polar surface area (TPSA) is 110 Å². The third-order valence-corrected chi connectivity index (χ3v) is 7.20. The lowest BCUT2D eigenvalue weighted by atomic mass is 10.1. The summed E-state index contributed by atoms with van der Waals surface area (Å²) in [5, 5.41) is 17.9. The van der Waals surface area contributed by atoms with Crippen LogP contribution in [-0.4, -0.2) is 53.1 Å². The summed E-state index contributed by atoms with van der Waals surface area (Å²) >= 11 is 0. The van der Waals surface area contributed by atoms with E-state index in [0.29, 0.717) is 24.4 Å². The Kier molecular flexibility index (Phi) is 6.99. The molecule has 0 saturated carbocycles. The van der Waals surface area contributed by atoms with Crippen molar-refractivity contribution in [1.29, 1.82) is 0 Å². The zero-order valence-electron chi connectivity index (χ0n) is 16.5. The zero-order chi connectivity index (χ0) is 20.9. The average Bonchev–Trinajstić information content (AvgIpc) is 3.21. The molecule has 1 aromatic carbocycles. The molecule has 1 fully saturated rings. The van der Waals surface area contributed by atoms with E-state index >= 15 is 0 Å². The zero-order valence-corrected chi connectivity index (χ0v) is 17.3. The normalized spacial score (nSPS) is 15.7. The number of benzene rings is 1. The van der Waals surface area contributed by atoms with Gasteiger partial charge in [0.05, 0.1) is 28.8 Å². The van der Waals surface area contributed by atoms with Crippen molar-refractivity contribution in [3.8, 4) is 0 Å². The largest absolute Gasteiger partial charge is 0.389 e. The van der Waals surface area contributed by atoms with Gasteiger partial charge in [0.15, 0.2) is 0 Å². The quantitative estimate of drug-likeness (QED) is 0.491. The summed E-state index contributed by atoms with van der Waals surface area (Å²) in [7, 11) is -3.62. The predicted octanol–water partition coefficient (Wildman–Crippen LogP) is 2.19. The van der Waals surface area contributed by atoms with E-state index in [-0.39, 0.29) is 11.9 Å². The van der Waals surface area contributed by atoms with E-state index in [1.165, 1.54) is 10.7 Å². The van der Waals surface area contributed by atoms with Gasteiger partial charge in [-0.3, -0.25) is 0 Å². The number of nitrogens with one attached hydrogen (secondary N) is 1. The molecule has 1 saturated heterocycles. The Morgan fingerprint density at radius 1 is 1.24 bits per heavy atom. The monoisotopic (exact) mass is 421 g/mol. The van der Waals surface area contributed by atoms with Crippen LogP contribution in [-0.2, 0) is 23.0 Å². The molecule has 158 valence electrons. The van der Waals surface area contributed by atoms with Crippen LogP contribution < -0.4 is 5.32 Å². The second kappa shape index (κ2) is 9.47. The number of piperidine rings is 1. The van der Waals surface area contributed by atoms with Crippen LogP contribution in [0.3, 0.4) is 0 Å².